The number of hydrogen-bond donors (Lipinski definition) is 1. The predicted octanol–water partition coefficient (Wildman–Crippen LogP) is 4.32. The Labute approximate surface area is 124 Å². The minimum Gasteiger partial charge on any atom is -0.383 e. The molecule has 0 saturated heterocycles. The fourth-order valence-electron chi connectivity index (χ4n) is 1.94. The number of aromatic nitrogens is 2. The standard InChI is InChI=1S/C14H8Cl2FN3/c15-8-5-10-12(11(16)6-8)19-14(20-13(10)18)7-2-1-3-9(17)4-7/h1-6H,(H2,18,19,20). The number of hydrogen-bond acceptors (Lipinski definition) is 3. The minimum atomic E-state index is -0.369. The van der Waals surface area contributed by atoms with Crippen molar-refractivity contribution in [2.75, 3.05) is 5.73 Å². The van der Waals surface area contributed by atoms with Crippen molar-refractivity contribution >= 4 is 39.9 Å². The van der Waals surface area contributed by atoms with Crippen LogP contribution in [0.5, 0.6) is 0 Å². The molecular formula is C14H8Cl2FN3. The molecule has 3 rings (SSSR count). The fraction of sp³-hybridized carbons (Fsp3) is 0. The van der Waals surface area contributed by atoms with Gasteiger partial charge in [0.2, 0.25) is 0 Å². The Morgan fingerprint density at radius 2 is 1.85 bits per heavy atom. The van der Waals surface area contributed by atoms with Gasteiger partial charge in [0.25, 0.3) is 0 Å². The first-order valence-corrected chi connectivity index (χ1v) is 6.48. The number of fused-ring (bicyclic) bond motifs is 1. The van der Waals surface area contributed by atoms with Gasteiger partial charge in [-0.3, -0.25) is 0 Å². The number of nitrogens with zero attached hydrogens (tertiary/aromatic N) is 2. The van der Waals surface area contributed by atoms with Crippen molar-refractivity contribution in [3.05, 3.63) is 52.3 Å². The van der Waals surface area contributed by atoms with Crippen LogP contribution in [0.1, 0.15) is 0 Å². The summed E-state index contributed by atoms with van der Waals surface area (Å²) in [5.41, 5.74) is 6.93. The molecule has 0 unspecified atom stereocenters. The second-order valence-electron chi connectivity index (χ2n) is 4.23. The van der Waals surface area contributed by atoms with Crippen molar-refractivity contribution in [1.82, 2.24) is 9.97 Å². The number of halogens is 3. The topological polar surface area (TPSA) is 51.8 Å². The predicted molar refractivity (Wildman–Crippen MR) is 79.4 cm³/mol. The summed E-state index contributed by atoms with van der Waals surface area (Å²) in [4.78, 5) is 8.52. The van der Waals surface area contributed by atoms with Crippen LogP contribution in [0.25, 0.3) is 22.3 Å². The third-order valence-electron chi connectivity index (χ3n) is 2.83. The van der Waals surface area contributed by atoms with Crippen LogP contribution in [0, 0.1) is 5.82 Å². The van der Waals surface area contributed by atoms with Crippen molar-refractivity contribution in [2.24, 2.45) is 0 Å². The van der Waals surface area contributed by atoms with E-state index in [1.165, 1.54) is 12.1 Å². The Morgan fingerprint density at radius 1 is 1.05 bits per heavy atom. The normalized spacial score (nSPS) is 10.9. The van der Waals surface area contributed by atoms with E-state index in [0.29, 0.717) is 32.3 Å². The van der Waals surface area contributed by atoms with Gasteiger partial charge >= 0.3 is 0 Å². The molecule has 0 aliphatic rings. The van der Waals surface area contributed by atoms with Gasteiger partial charge in [-0.25, -0.2) is 14.4 Å². The maximum Gasteiger partial charge on any atom is 0.162 e. The zero-order valence-electron chi connectivity index (χ0n) is 10.1. The van der Waals surface area contributed by atoms with E-state index in [1.807, 2.05) is 0 Å². The van der Waals surface area contributed by atoms with Gasteiger partial charge in [0.05, 0.1) is 10.5 Å². The highest BCUT2D eigenvalue weighted by molar-refractivity contribution is 6.38. The van der Waals surface area contributed by atoms with Crippen LogP contribution < -0.4 is 5.73 Å². The number of anilines is 1. The maximum absolute atomic E-state index is 13.3. The molecule has 3 aromatic rings. The molecule has 0 bridgehead atoms. The molecule has 0 amide bonds. The third kappa shape index (κ3) is 2.28. The van der Waals surface area contributed by atoms with Gasteiger partial charge < -0.3 is 5.73 Å². The lowest BCUT2D eigenvalue weighted by Gasteiger charge is -2.07. The summed E-state index contributed by atoms with van der Waals surface area (Å²) in [6.45, 7) is 0. The van der Waals surface area contributed by atoms with Crippen LogP contribution in [0.15, 0.2) is 36.4 Å². The van der Waals surface area contributed by atoms with Crippen molar-refractivity contribution in [2.45, 2.75) is 0 Å². The molecule has 0 radical (unpaired) electrons. The molecule has 2 N–H and O–H groups in total. The molecule has 1 aromatic heterocycles. The van der Waals surface area contributed by atoms with Gasteiger partial charge in [0, 0.05) is 16.0 Å². The molecule has 20 heavy (non-hydrogen) atoms. The van der Waals surface area contributed by atoms with Gasteiger partial charge in [0.1, 0.15) is 11.6 Å². The molecule has 0 spiro atoms. The number of nitrogens with two attached hydrogens (primary N) is 1. The van der Waals surface area contributed by atoms with E-state index in [0.717, 1.165) is 0 Å². The second kappa shape index (κ2) is 4.89. The van der Waals surface area contributed by atoms with E-state index in [1.54, 1.807) is 24.3 Å². The summed E-state index contributed by atoms with van der Waals surface area (Å²) in [5, 5.41) is 1.40. The molecule has 1 heterocycles. The Hall–Kier alpha value is -1.91. The summed E-state index contributed by atoms with van der Waals surface area (Å²) in [5.74, 6) is 0.198. The van der Waals surface area contributed by atoms with E-state index >= 15 is 0 Å². The highest BCUT2D eigenvalue weighted by Crippen LogP contribution is 2.31. The highest BCUT2D eigenvalue weighted by atomic mass is 35.5. The fourth-order valence-corrected chi connectivity index (χ4v) is 2.47. The molecule has 100 valence electrons. The van der Waals surface area contributed by atoms with Crippen LogP contribution in [0.2, 0.25) is 10.0 Å². The number of benzene rings is 2. The first-order chi connectivity index (χ1) is 9.54. The van der Waals surface area contributed by atoms with E-state index in [4.69, 9.17) is 28.9 Å². The molecule has 0 atom stereocenters. The molecule has 0 aliphatic carbocycles. The lowest BCUT2D eigenvalue weighted by Crippen LogP contribution is -1.98. The van der Waals surface area contributed by atoms with Crippen molar-refractivity contribution in [1.29, 1.82) is 0 Å². The van der Waals surface area contributed by atoms with E-state index < -0.39 is 0 Å². The maximum atomic E-state index is 13.3. The van der Waals surface area contributed by atoms with Crippen LogP contribution in [-0.4, -0.2) is 9.97 Å². The van der Waals surface area contributed by atoms with Gasteiger partial charge in [-0.05, 0) is 24.3 Å². The lowest BCUT2D eigenvalue weighted by atomic mass is 10.2. The summed E-state index contributed by atoms with van der Waals surface area (Å²) < 4.78 is 13.3. The number of rotatable bonds is 1. The van der Waals surface area contributed by atoms with Crippen molar-refractivity contribution in [3.63, 3.8) is 0 Å². The van der Waals surface area contributed by atoms with Gasteiger partial charge in [-0.2, -0.15) is 0 Å². The van der Waals surface area contributed by atoms with Crippen molar-refractivity contribution in [3.8, 4) is 11.4 Å². The molecule has 3 nitrogen and oxygen atoms in total. The average Bonchev–Trinajstić information content (AvgIpc) is 2.39. The van der Waals surface area contributed by atoms with Gasteiger partial charge in [-0.15, -0.1) is 0 Å². The lowest BCUT2D eigenvalue weighted by molar-refractivity contribution is 0.628. The monoisotopic (exact) mass is 307 g/mol. The molecular weight excluding hydrogens is 300 g/mol. The summed E-state index contributed by atoms with van der Waals surface area (Å²) in [7, 11) is 0. The average molecular weight is 308 g/mol. The van der Waals surface area contributed by atoms with Crippen LogP contribution >= 0.6 is 23.2 Å². The Balaban J connectivity index is 2.29. The Kier molecular flexibility index (Phi) is 3.20. The van der Waals surface area contributed by atoms with E-state index in [9.17, 15) is 4.39 Å². The first-order valence-electron chi connectivity index (χ1n) is 5.73. The van der Waals surface area contributed by atoms with Crippen LogP contribution in [0.3, 0.4) is 0 Å². The highest BCUT2D eigenvalue weighted by Gasteiger charge is 2.11. The smallest absolute Gasteiger partial charge is 0.162 e. The Bertz CT molecular complexity index is 821. The van der Waals surface area contributed by atoms with Gasteiger partial charge in [0.15, 0.2) is 5.82 Å². The largest absolute Gasteiger partial charge is 0.383 e. The van der Waals surface area contributed by atoms with E-state index in [-0.39, 0.29) is 11.6 Å². The molecule has 6 heteroatoms. The summed E-state index contributed by atoms with van der Waals surface area (Å²) in [6, 6.07) is 9.19. The number of nitrogen functional groups attached to an aromatic ring is 1. The third-order valence-corrected chi connectivity index (χ3v) is 3.34. The molecule has 0 fully saturated rings. The van der Waals surface area contributed by atoms with Gasteiger partial charge in [-0.1, -0.05) is 35.3 Å². The zero-order chi connectivity index (χ0) is 14.3. The summed E-state index contributed by atoms with van der Waals surface area (Å²) in [6.07, 6.45) is 0. The van der Waals surface area contributed by atoms with Crippen molar-refractivity contribution < 1.29 is 4.39 Å². The summed E-state index contributed by atoms with van der Waals surface area (Å²) >= 11 is 12.0. The zero-order valence-corrected chi connectivity index (χ0v) is 11.6. The molecule has 0 saturated carbocycles. The SMILES string of the molecule is Nc1nc(-c2cccc(F)c2)nc2c(Cl)cc(Cl)cc12. The quantitative estimate of drug-likeness (QED) is 0.728. The van der Waals surface area contributed by atoms with Crippen LogP contribution in [0.4, 0.5) is 10.2 Å². The minimum absolute atomic E-state index is 0.249. The van der Waals surface area contributed by atoms with Crippen LogP contribution in [-0.2, 0) is 0 Å². The van der Waals surface area contributed by atoms with E-state index in [2.05, 4.69) is 9.97 Å². The molecule has 0 aliphatic heterocycles. The first kappa shape index (κ1) is 13.1. The second-order valence-corrected chi connectivity index (χ2v) is 5.07. The molecule has 2 aromatic carbocycles. The Morgan fingerprint density at radius 3 is 2.60 bits per heavy atom.